The van der Waals surface area contributed by atoms with Crippen molar-refractivity contribution in [3.05, 3.63) is 34.9 Å². The molecule has 2 rings (SSSR count). The number of hydrogen-bond acceptors (Lipinski definition) is 2. The second-order valence-electron chi connectivity index (χ2n) is 8.51. The summed E-state index contributed by atoms with van der Waals surface area (Å²) >= 11 is 6.21. The Hall–Kier alpha value is -1.63. The van der Waals surface area contributed by atoms with Gasteiger partial charge in [0.25, 0.3) is 11.8 Å². The quantitative estimate of drug-likeness (QED) is 0.577. The number of quaternary nitrogens is 2. The molecule has 1 atom stereocenters. The average molecular weight is 397 g/mol. The zero-order valence-corrected chi connectivity index (χ0v) is 17.7. The molecule has 6 nitrogen and oxygen atoms in total. The number of halogens is 1. The van der Waals surface area contributed by atoms with E-state index in [2.05, 4.69) is 5.32 Å². The summed E-state index contributed by atoms with van der Waals surface area (Å²) in [6, 6.07) is 7.76. The first-order valence-electron chi connectivity index (χ1n) is 9.61. The Morgan fingerprint density at radius 1 is 1.22 bits per heavy atom. The third kappa shape index (κ3) is 7.48. The molecule has 1 fully saturated rings. The summed E-state index contributed by atoms with van der Waals surface area (Å²) in [6.45, 7) is 10.6. The molecule has 27 heavy (non-hydrogen) atoms. The molecule has 0 spiro atoms. The van der Waals surface area contributed by atoms with E-state index >= 15 is 0 Å². The molecule has 150 valence electrons. The van der Waals surface area contributed by atoms with Crippen LogP contribution in [0.5, 0.6) is 0 Å². The fourth-order valence-corrected chi connectivity index (χ4v) is 3.54. The Morgan fingerprint density at radius 3 is 2.44 bits per heavy atom. The van der Waals surface area contributed by atoms with Crippen LogP contribution in [0.3, 0.4) is 0 Å². The Kier molecular flexibility index (Phi) is 7.65. The van der Waals surface area contributed by atoms with Gasteiger partial charge >= 0.3 is 0 Å². The molecule has 1 aromatic carbocycles. The van der Waals surface area contributed by atoms with Crippen LogP contribution in [0.15, 0.2) is 24.3 Å². The first kappa shape index (κ1) is 21.7. The van der Waals surface area contributed by atoms with E-state index in [1.54, 1.807) is 0 Å². The van der Waals surface area contributed by atoms with Crippen LogP contribution in [-0.2, 0) is 16.1 Å². The van der Waals surface area contributed by atoms with Crippen LogP contribution in [0, 0.1) is 0 Å². The van der Waals surface area contributed by atoms with Crippen molar-refractivity contribution >= 4 is 23.4 Å². The minimum Gasteiger partial charge on any atom is -0.347 e. The van der Waals surface area contributed by atoms with Gasteiger partial charge in [0, 0.05) is 16.1 Å². The highest BCUT2D eigenvalue weighted by Gasteiger charge is 2.27. The molecule has 0 bridgehead atoms. The van der Waals surface area contributed by atoms with Crippen LogP contribution in [0.1, 0.15) is 26.3 Å². The third-order valence-corrected chi connectivity index (χ3v) is 5.02. The number of carbonyl (C=O) groups is 2. The van der Waals surface area contributed by atoms with E-state index in [0.29, 0.717) is 26.2 Å². The first-order valence-corrected chi connectivity index (χ1v) is 9.99. The van der Waals surface area contributed by atoms with Gasteiger partial charge in [-0.05, 0) is 26.8 Å². The zero-order chi connectivity index (χ0) is 20.0. The highest BCUT2D eigenvalue weighted by Crippen LogP contribution is 2.13. The van der Waals surface area contributed by atoms with Crippen molar-refractivity contribution in [1.82, 2.24) is 10.2 Å². The fourth-order valence-electron chi connectivity index (χ4n) is 3.34. The Morgan fingerprint density at radius 2 is 1.85 bits per heavy atom. The summed E-state index contributed by atoms with van der Waals surface area (Å²) in [5.41, 5.74) is 0.854. The molecule has 1 aliphatic rings. The summed E-state index contributed by atoms with van der Waals surface area (Å²) in [5, 5.41) is 3.75. The minimum atomic E-state index is -0.205. The van der Waals surface area contributed by atoms with Crippen LogP contribution in [-0.4, -0.2) is 68.6 Å². The van der Waals surface area contributed by atoms with Crippen LogP contribution < -0.4 is 15.1 Å². The Labute approximate surface area is 167 Å². The largest absolute Gasteiger partial charge is 0.347 e. The van der Waals surface area contributed by atoms with Gasteiger partial charge in [0.2, 0.25) is 0 Å². The van der Waals surface area contributed by atoms with Gasteiger partial charge in [-0.1, -0.05) is 29.8 Å². The molecule has 7 heteroatoms. The maximum Gasteiger partial charge on any atom is 0.278 e. The molecule has 3 N–H and O–H groups in total. The maximum absolute atomic E-state index is 12.6. The normalized spacial score (nSPS) is 16.9. The summed E-state index contributed by atoms with van der Waals surface area (Å²) in [7, 11) is 2.01. The molecule has 0 aromatic heterocycles. The lowest BCUT2D eigenvalue weighted by Crippen LogP contribution is -3.16. The standard InChI is InChI=1S/C20H31ClN4O2/c1-20(2,3)22-18(26)14-24-9-11-25(12-10-24)19(27)15-23(4)13-16-7-5-6-8-17(16)21/h5-8H,9-15H2,1-4H3,(H,22,26)/p+2. The summed E-state index contributed by atoms with van der Waals surface area (Å²) < 4.78 is 0. The van der Waals surface area contributed by atoms with Crippen molar-refractivity contribution in [1.29, 1.82) is 0 Å². The third-order valence-electron chi connectivity index (χ3n) is 4.65. The van der Waals surface area contributed by atoms with Gasteiger partial charge in [-0.15, -0.1) is 0 Å². The van der Waals surface area contributed by atoms with Gasteiger partial charge in [0.1, 0.15) is 6.54 Å². The number of benzene rings is 1. The molecule has 1 unspecified atom stereocenters. The molecular formula is C20H33ClN4O2+2. The van der Waals surface area contributed by atoms with Gasteiger partial charge in [-0.25, -0.2) is 0 Å². The average Bonchev–Trinajstić information content (AvgIpc) is 2.55. The number of amides is 2. The molecule has 1 saturated heterocycles. The minimum absolute atomic E-state index is 0.0706. The Balaban J connectivity index is 1.74. The summed E-state index contributed by atoms with van der Waals surface area (Å²) in [6.07, 6.45) is 0. The molecule has 1 aliphatic heterocycles. The van der Waals surface area contributed by atoms with Crippen LogP contribution >= 0.6 is 11.6 Å². The van der Waals surface area contributed by atoms with E-state index in [1.807, 2.05) is 57.0 Å². The van der Waals surface area contributed by atoms with Crippen molar-refractivity contribution < 1.29 is 19.4 Å². The number of nitrogens with zero attached hydrogens (tertiary/aromatic N) is 1. The van der Waals surface area contributed by atoms with E-state index in [4.69, 9.17) is 11.6 Å². The number of likely N-dealkylation sites (N-methyl/N-ethyl adjacent to an activating group) is 1. The van der Waals surface area contributed by atoms with Crippen LogP contribution in [0.25, 0.3) is 0 Å². The smallest absolute Gasteiger partial charge is 0.278 e. The molecule has 1 heterocycles. The molecule has 1 aromatic rings. The number of carbonyl (C=O) groups excluding carboxylic acids is 2. The van der Waals surface area contributed by atoms with Crippen molar-refractivity contribution in [2.75, 3.05) is 46.3 Å². The SMILES string of the molecule is C[NH+](CC(=O)N1CC[NH+](CC(=O)NC(C)(C)C)CC1)Cc1ccccc1Cl. The highest BCUT2D eigenvalue weighted by molar-refractivity contribution is 6.31. The van der Waals surface area contributed by atoms with Gasteiger partial charge in [-0.3, -0.25) is 9.59 Å². The van der Waals surface area contributed by atoms with Crippen molar-refractivity contribution in [3.63, 3.8) is 0 Å². The molecule has 0 saturated carbocycles. The molecule has 2 amide bonds. The molecule has 0 aliphatic carbocycles. The second-order valence-corrected chi connectivity index (χ2v) is 8.92. The zero-order valence-electron chi connectivity index (χ0n) is 16.9. The lowest BCUT2D eigenvalue weighted by Gasteiger charge is -2.32. The van der Waals surface area contributed by atoms with Crippen molar-refractivity contribution in [2.24, 2.45) is 0 Å². The van der Waals surface area contributed by atoms with Crippen LogP contribution in [0.2, 0.25) is 5.02 Å². The van der Waals surface area contributed by atoms with Gasteiger partial charge < -0.3 is 20.0 Å². The van der Waals surface area contributed by atoms with E-state index in [1.165, 1.54) is 4.90 Å². The lowest BCUT2D eigenvalue weighted by atomic mass is 10.1. The van der Waals surface area contributed by atoms with Crippen LogP contribution in [0.4, 0.5) is 0 Å². The topological polar surface area (TPSA) is 58.3 Å². The predicted octanol–water partition coefficient (Wildman–Crippen LogP) is -1.00. The maximum atomic E-state index is 12.6. The highest BCUT2D eigenvalue weighted by atomic mass is 35.5. The lowest BCUT2D eigenvalue weighted by molar-refractivity contribution is -0.897. The number of piperazine rings is 1. The van der Waals surface area contributed by atoms with E-state index in [0.717, 1.165) is 35.1 Å². The molecule has 0 radical (unpaired) electrons. The van der Waals surface area contributed by atoms with E-state index in [9.17, 15) is 9.59 Å². The summed E-state index contributed by atoms with van der Waals surface area (Å²) in [5.74, 6) is 0.235. The fraction of sp³-hybridized carbons (Fsp3) is 0.600. The van der Waals surface area contributed by atoms with E-state index in [-0.39, 0.29) is 17.4 Å². The van der Waals surface area contributed by atoms with Crippen molar-refractivity contribution in [2.45, 2.75) is 32.9 Å². The van der Waals surface area contributed by atoms with Gasteiger partial charge in [0.15, 0.2) is 13.1 Å². The van der Waals surface area contributed by atoms with Crippen molar-refractivity contribution in [3.8, 4) is 0 Å². The molecular weight excluding hydrogens is 364 g/mol. The first-order chi connectivity index (χ1) is 12.6. The van der Waals surface area contributed by atoms with Gasteiger partial charge in [0.05, 0.1) is 33.2 Å². The van der Waals surface area contributed by atoms with Gasteiger partial charge in [-0.2, -0.15) is 0 Å². The predicted molar refractivity (Wildman–Crippen MR) is 107 cm³/mol. The summed E-state index contributed by atoms with van der Waals surface area (Å²) in [4.78, 5) is 28.9. The Bertz CT molecular complexity index is 652. The number of hydrogen-bond donors (Lipinski definition) is 3. The number of rotatable bonds is 6. The second kappa shape index (κ2) is 9.53. The monoisotopic (exact) mass is 396 g/mol. The van der Waals surface area contributed by atoms with E-state index < -0.39 is 0 Å². The number of nitrogens with one attached hydrogen (secondary N) is 3.